The van der Waals surface area contributed by atoms with Gasteiger partial charge in [-0.25, -0.2) is 0 Å². The van der Waals surface area contributed by atoms with Gasteiger partial charge < -0.3 is 14.2 Å². The Labute approximate surface area is 173 Å². The lowest BCUT2D eigenvalue weighted by atomic mass is 9.86. The molecule has 5 nitrogen and oxygen atoms in total. The number of carbonyl (C=O) groups excluding carboxylic acids is 1. The van der Waals surface area contributed by atoms with Crippen molar-refractivity contribution in [3.63, 3.8) is 0 Å². The number of carbonyl (C=O) groups is 1. The first kappa shape index (κ1) is 25.3. The Kier molecular flexibility index (Phi) is 8.94. The lowest BCUT2D eigenvalue weighted by molar-refractivity contribution is -0.126. The fraction of sp³-hybridized carbons (Fsp3) is 0.864. The molecule has 0 spiro atoms. The molecule has 0 heterocycles. The summed E-state index contributed by atoms with van der Waals surface area (Å²) < 4.78 is 16.3. The number of nitrogens with one attached hydrogen (secondary N) is 1. The van der Waals surface area contributed by atoms with Crippen molar-refractivity contribution >= 4 is 13.9 Å². The van der Waals surface area contributed by atoms with E-state index in [1.807, 2.05) is 6.92 Å². The van der Waals surface area contributed by atoms with E-state index in [1.165, 1.54) is 5.57 Å². The van der Waals surface area contributed by atoms with E-state index >= 15 is 0 Å². The van der Waals surface area contributed by atoms with E-state index in [1.54, 1.807) is 21.3 Å². The van der Waals surface area contributed by atoms with Gasteiger partial charge in [0.25, 0.3) is 0 Å². The highest BCUT2D eigenvalue weighted by molar-refractivity contribution is 6.84. The van der Waals surface area contributed by atoms with E-state index in [4.69, 9.17) is 14.2 Å². The average molecular weight is 414 g/mol. The number of ketones is 1. The van der Waals surface area contributed by atoms with Crippen LogP contribution in [0.1, 0.15) is 55.4 Å². The molecule has 28 heavy (non-hydrogen) atoms. The number of hydrogen-bond donors (Lipinski definition) is 1. The van der Waals surface area contributed by atoms with E-state index < -0.39 is 13.6 Å². The molecule has 0 aromatic rings. The SMILES string of the molecule is COC1=C(C[Si](C(C)C)(C(C)C)C(C)C)[C@@H](C)[C@](C)(NCC(OC)OC)C1=O. The second kappa shape index (κ2) is 9.87. The van der Waals surface area contributed by atoms with E-state index in [0.717, 1.165) is 6.04 Å². The van der Waals surface area contributed by atoms with Gasteiger partial charge in [-0.05, 0) is 18.5 Å². The van der Waals surface area contributed by atoms with Gasteiger partial charge in [0.1, 0.15) is 0 Å². The number of rotatable bonds is 11. The third-order valence-electron chi connectivity index (χ3n) is 7.45. The van der Waals surface area contributed by atoms with Gasteiger partial charge >= 0.3 is 0 Å². The molecule has 0 amide bonds. The van der Waals surface area contributed by atoms with Gasteiger partial charge in [-0.1, -0.05) is 65.1 Å². The fourth-order valence-corrected chi connectivity index (χ4v) is 11.7. The normalized spacial score (nSPS) is 23.8. The monoisotopic (exact) mass is 413 g/mol. The van der Waals surface area contributed by atoms with Crippen molar-refractivity contribution < 1.29 is 19.0 Å². The molecule has 0 saturated heterocycles. The van der Waals surface area contributed by atoms with Gasteiger partial charge in [0, 0.05) is 26.7 Å². The molecule has 0 aliphatic heterocycles. The van der Waals surface area contributed by atoms with E-state index in [-0.39, 0.29) is 18.0 Å². The van der Waals surface area contributed by atoms with Crippen LogP contribution in [-0.4, -0.2) is 53.6 Å². The van der Waals surface area contributed by atoms with Crippen LogP contribution in [0.25, 0.3) is 0 Å². The Morgan fingerprint density at radius 3 is 1.82 bits per heavy atom. The standard InChI is InChI=1S/C22H43NO4Si/c1-14(2)28(15(3)4,16(5)6)13-18-17(7)22(8,21(24)20(18)27-11)23-12-19(25-9)26-10/h14-17,19,23H,12-13H2,1-11H3/t17-,22+/m1/s1. The number of methoxy groups -OCH3 is 3. The third kappa shape index (κ3) is 4.40. The molecule has 1 aliphatic carbocycles. The van der Waals surface area contributed by atoms with E-state index in [0.29, 0.717) is 28.9 Å². The highest BCUT2D eigenvalue weighted by Gasteiger charge is 2.53. The maximum atomic E-state index is 13.4. The first-order chi connectivity index (χ1) is 12.9. The summed E-state index contributed by atoms with van der Waals surface area (Å²) in [5.41, 5.74) is 2.38. The van der Waals surface area contributed by atoms with Crippen molar-refractivity contribution in [2.45, 2.75) is 89.9 Å². The summed E-state index contributed by atoms with van der Waals surface area (Å²) in [5.74, 6) is 0.669. The summed E-state index contributed by atoms with van der Waals surface area (Å²) in [6.45, 7) is 18.8. The zero-order chi connectivity index (χ0) is 21.9. The molecule has 0 aromatic carbocycles. The number of ether oxygens (including phenoxy) is 3. The summed E-state index contributed by atoms with van der Waals surface area (Å²) >= 11 is 0. The summed E-state index contributed by atoms with van der Waals surface area (Å²) in [6.07, 6.45) is -0.387. The molecular weight excluding hydrogens is 370 g/mol. The molecule has 1 aliphatic rings. The quantitative estimate of drug-likeness (QED) is 0.391. The van der Waals surface area contributed by atoms with Gasteiger partial charge in [0.15, 0.2) is 12.0 Å². The molecule has 0 aromatic heterocycles. The lowest BCUT2D eigenvalue weighted by Gasteiger charge is -2.45. The van der Waals surface area contributed by atoms with Gasteiger partial charge in [-0.15, -0.1) is 0 Å². The smallest absolute Gasteiger partial charge is 0.217 e. The Balaban J connectivity index is 3.30. The lowest BCUT2D eigenvalue weighted by Crippen LogP contribution is -2.54. The average Bonchev–Trinajstić information content (AvgIpc) is 2.80. The minimum atomic E-state index is -1.71. The largest absolute Gasteiger partial charge is 0.493 e. The van der Waals surface area contributed by atoms with Crippen LogP contribution >= 0.6 is 0 Å². The van der Waals surface area contributed by atoms with Crippen molar-refractivity contribution in [3.8, 4) is 0 Å². The molecular formula is C22H43NO4Si. The number of Topliss-reactive ketones (excluding diaryl/α,β-unsaturated/α-hetero) is 1. The third-order valence-corrected chi connectivity index (χ3v) is 14.9. The van der Waals surface area contributed by atoms with E-state index in [2.05, 4.69) is 53.8 Å². The van der Waals surface area contributed by atoms with Crippen LogP contribution in [0, 0.1) is 5.92 Å². The zero-order valence-electron chi connectivity index (χ0n) is 19.9. The molecule has 6 heteroatoms. The van der Waals surface area contributed by atoms with Crippen LogP contribution in [0.2, 0.25) is 22.7 Å². The van der Waals surface area contributed by atoms with Crippen LogP contribution < -0.4 is 5.32 Å². The molecule has 1 rings (SSSR count). The maximum absolute atomic E-state index is 13.4. The number of hydrogen-bond acceptors (Lipinski definition) is 5. The second-order valence-electron chi connectivity index (χ2n) is 9.35. The Morgan fingerprint density at radius 1 is 1.00 bits per heavy atom. The molecule has 2 atom stereocenters. The maximum Gasteiger partial charge on any atom is 0.217 e. The van der Waals surface area contributed by atoms with Crippen LogP contribution in [0.5, 0.6) is 0 Å². The highest BCUT2D eigenvalue weighted by atomic mass is 28.3. The van der Waals surface area contributed by atoms with Crippen LogP contribution in [0.15, 0.2) is 11.3 Å². The summed E-state index contributed by atoms with van der Waals surface area (Å²) in [7, 11) is 3.13. The summed E-state index contributed by atoms with van der Waals surface area (Å²) in [6, 6.07) is 1.01. The highest BCUT2D eigenvalue weighted by Crippen LogP contribution is 2.50. The summed E-state index contributed by atoms with van der Waals surface area (Å²) in [5, 5.41) is 3.42. The molecule has 164 valence electrons. The second-order valence-corrected chi connectivity index (χ2v) is 15.4. The van der Waals surface area contributed by atoms with Gasteiger partial charge in [0.05, 0.1) is 20.7 Å². The van der Waals surface area contributed by atoms with Gasteiger partial charge in [0.2, 0.25) is 5.78 Å². The Morgan fingerprint density at radius 2 is 1.46 bits per heavy atom. The minimum Gasteiger partial charge on any atom is -0.493 e. The Hall–Kier alpha value is -0.693. The topological polar surface area (TPSA) is 56.8 Å². The van der Waals surface area contributed by atoms with Gasteiger partial charge in [-0.2, -0.15) is 0 Å². The van der Waals surface area contributed by atoms with Crippen LogP contribution in [0.3, 0.4) is 0 Å². The first-order valence-corrected chi connectivity index (χ1v) is 13.0. The minimum absolute atomic E-state index is 0.0441. The van der Waals surface area contributed by atoms with Crippen molar-refractivity contribution in [1.29, 1.82) is 0 Å². The van der Waals surface area contributed by atoms with Crippen LogP contribution in [0.4, 0.5) is 0 Å². The predicted octanol–water partition coefficient (Wildman–Crippen LogP) is 4.75. The molecule has 0 fully saturated rings. The Bertz CT molecular complexity index is 547. The molecule has 0 unspecified atom stereocenters. The van der Waals surface area contributed by atoms with Crippen LogP contribution in [-0.2, 0) is 19.0 Å². The van der Waals surface area contributed by atoms with Crippen molar-refractivity contribution in [3.05, 3.63) is 11.3 Å². The van der Waals surface area contributed by atoms with Gasteiger partial charge in [-0.3, -0.25) is 10.1 Å². The molecule has 0 bridgehead atoms. The zero-order valence-corrected chi connectivity index (χ0v) is 20.9. The molecule has 0 radical (unpaired) electrons. The molecule has 1 N–H and O–H groups in total. The van der Waals surface area contributed by atoms with Crippen molar-refractivity contribution in [1.82, 2.24) is 5.32 Å². The predicted molar refractivity (Wildman–Crippen MR) is 118 cm³/mol. The molecule has 0 saturated carbocycles. The fourth-order valence-electron chi connectivity index (χ4n) is 5.31. The van der Waals surface area contributed by atoms with Crippen molar-refractivity contribution in [2.75, 3.05) is 27.9 Å². The summed E-state index contributed by atoms with van der Waals surface area (Å²) in [4.78, 5) is 13.4. The first-order valence-electron chi connectivity index (χ1n) is 10.6. The van der Waals surface area contributed by atoms with E-state index in [9.17, 15) is 4.79 Å². The van der Waals surface area contributed by atoms with Crippen molar-refractivity contribution in [2.24, 2.45) is 5.92 Å².